The lowest BCUT2D eigenvalue weighted by Gasteiger charge is -2.30. The summed E-state index contributed by atoms with van der Waals surface area (Å²) in [6.07, 6.45) is -3.04. The average Bonchev–Trinajstić information content (AvgIpc) is 3.65. The van der Waals surface area contributed by atoms with Gasteiger partial charge in [-0.3, -0.25) is 0 Å². The number of benzene rings is 2. The molecule has 40 heavy (non-hydrogen) atoms. The smallest absolute Gasteiger partial charge is 0.487 e. The topological polar surface area (TPSA) is 85.7 Å². The van der Waals surface area contributed by atoms with Crippen molar-refractivity contribution in [1.29, 1.82) is 0 Å². The number of hydrogen-bond donors (Lipinski definition) is 2. The zero-order valence-electron chi connectivity index (χ0n) is 22.2. The van der Waals surface area contributed by atoms with Crippen molar-refractivity contribution in [3.63, 3.8) is 0 Å². The van der Waals surface area contributed by atoms with Crippen molar-refractivity contribution in [3.05, 3.63) is 53.1 Å². The summed E-state index contributed by atoms with van der Waals surface area (Å²) in [7, 11) is 0. The van der Waals surface area contributed by atoms with Gasteiger partial charge in [-0.05, 0) is 52.7 Å². The molecule has 0 radical (unpaired) electrons. The van der Waals surface area contributed by atoms with Gasteiger partial charge in [-0.1, -0.05) is 12.1 Å². The van der Waals surface area contributed by atoms with Gasteiger partial charge in [0.25, 0.3) is 0 Å². The first-order chi connectivity index (χ1) is 18.6. The molecule has 13 heteroatoms. The van der Waals surface area contributed by atoms with E-state index in [-0.39, 0.29) is 53.2 Å². The van der Waals surface area contributed by atoms with Crippen LogP contribution in [0, 0.1) is 12.7 Å². The molecule has 1 atom stereocenters. The predicted octanol–water partition coefficient (Wildman–Crippen LogP) is 6.57. The van der Waals surface area contributed by atoms with E-state index >= 15 is 4.39 Å². The van der Waals surface area contributed by atoms with Gasteiger partial charge in [0, 0.05) is 17.0 Å². The number of alkyl halides is 5. The molecule has 2 aromatic carbocycles. The van der Waals surface area contributed by atoms with Crippen LogP contribution < -0.4 is 14.8 Å². The Kier molecular flexibility index (Phi) is 8.10. The highest BCUT2D eigenvalue weighted by molar-refractivity contribution is 5.92. The van der Waals surface area contributed by atoms with Gasteiger partial charge in [0.05, 0.1) is 29.8 Å². The first-order valence-corrected chi connectivity index (χ1v) is 12.5. The highest BCUT2D eigenvalue weighted by Gasteiger charge is 2.49. The van der Waals surface area contributed by atoms with Gasteiger partial charge in [-0.25, -0.2) is 14.4 Å². The molecule has 0 bridgehead atoms. The van der Waals surface area contributed by atoms with Crippen LogP contribution in [-0.4, -0.2) is 46.4 Å². The largest absolute Gasteiger partial charge is 0.573 e. The summed E-state index contributed by atoms with van der Waals surface area (Å²) in [5.74, 6) is -5.69. The first-order valence-electron chi connectivity index (χ1n) is 12.5. The van der Waals surface area contributed by atoms with Crippen LogP contribution in [0.4, 0.5) is 32.2 Å². The molecule has 0 aliphatic heterocycles. The van der Waals surface area contributed by atoms with Crippen molar-refractivity contribution in [3.8, 4) is 11.5 Å². The number of nitrogens with one attached hydrogen (secondary N) is 1. The number of rotatable bonds is 11. The van der Waals surface area contributed by atoms with E-state index in [1.54, 1.807) is 0 Å². The average molecular weight is 574 g/mol. The van der Waals surface area contributed by atoms with Crippen LogP contribution in [0.15, 0.2) is 30.3 Å². The summed E-state index contributed by atoms with van der Waals surface area (Å²) in [6.45, 7) is 4.88. The van der Waals surface area contributed by atoms with Gasteiger partial charge in [-0.2, -0.15) is 8.78 Å². The molecule has 3 aromatic rings. The molecule has 1 fully saturated rings. The Morgan fingerprint density at radius 1 is 1.05 bits per heavy atom. The van der Waals surface area contributed by atoms with E-state index < -0.39 is 41.1 Å². The highest BCUT2D eigenvalue weighted by Crippen LogP contribution is 2.42. The van der Waals surface area contributed by atoms with E-state index in [1.807, 2.05) is 0 Å². The van der Waals surface area contributed by atoms with Gasteiger partial charge >= 0.3 is 12.3 Å². The zero-order valence-corrected chi connectivity index (χ0v) is 22.2. The minimum atomic E-state index is -5.00. The summed E-state index contributed by atoms with van der Waals surface area (Å²) < 4.78 is 99.4. The highest BCUT2D eigenvalue weighted by atomic mass is 19.4. The second kappa shape index (κ2) is 10.9. The van der Waals surface area contributed by atoms with Crippen molar-refractivity contribution in [2.45, 2.75) is 70.6 Å². The van der Waals surface area contributed by atoms with E-state index in [9.17, 15) is 27.1 Å². The van der Waals surface area contributed by atoms with Gasteiger partial charge in [-0.15, -0.1) is 13.2 Å². The molecular formula is C27H29F6N3O4. The molecule has 0 amide bonds. The second-order valence-electron chi connectivity index (χ2n) is 10.1. The normalized spacial score (nSPS) is 15.3. The predicted molar refractivity (Wildman–Crippen MR) is 134 cm³/mol. The third-order valence-corrected chi connectivity index (χ3v) is 6.27. The monoisotopic (exact) mass is 573 g/mol. The lowest BCUT2D eigenvalue weighted by Crippen LogP contribution is -2.41. The number of nitrogens with zero attached hydrogens (tertiary/aromatic N) is 2. The van der Waals surface area contributed by atoms with Crippen LogP contribution in [0.2, 0.25) is 0 Å². The summed E-state index contributed by atoms with van der Waals surface area (Å²) in [5.41, 5.74) is -3.57. The molecule has 218 valence electrons. The number of halogens is 6. The lowest BCUT2D eigenvalue weighted by molar-refractivity contribution is -0.275. The van der Waals surface area contributed by atoms with Crippen molar-refractivity contribution < 1.29 is 45.7 Å². The first kappa shape index (κ1) is 29.7. The molecule has 1 aliphatic carbocycles. The van der Waals surface area contributed by atoms with Crippen LogP contribution in [0.25, 0.3) is 10.9 Å². The molecule has 2 N–H and O–H groups in total. The second-order valence-corrected chi connectivity index (χ2v) is 10.1. The quantitative estimate of drug-likeness (QED) is 0.198. The molecule has 7 nitrogen and oxygen atoms in total. The molecule has 1 saturated carbocycles. The third kappa shape index (κ3) is 6.69. The maximum Gasteiger partial charge on any atom is 0.573 e. The Bertz CT molecular complexity index is 1370. The van der Waals surface area contributed by atoms with E-state index in [0.29, 0.717) is 0 Å². The molecule has 0 unspecified atom stereocenters. The van der Waals surface area contributed by atoms with Crippen LogP contribution in [-0.2, 0) is 10.7 Å². The number of aromatic nitrogens is 2. The van der Waals surface area contributed by atoms with E-state index in [2.05, 4.69) is 20.0 Å². The molecule has 4 rings (SSSR count). The van der Waals surface area contributed by atoms with Crippen molar-refractivity contribution in [2.75, 3.05) is 18.5 Å². The number of aryl methyl sites for hydroxylation is 1. The van der Waals surface area contributed by atoms with Crippen LogP contribution in [0.5, 0.6) is 11.5 Å². The molecule has 0 spiro atoms. The minimum Gasteiger partial charge on any atom is -0.487 e. The SMILES string of the molecule is Cc1nc(N[C@H](C)c2cccc(C(F)(F)C(C)(C)O)c2F)c2cc(OCCOC3CC3)c(OC(F)(F)F)cc2n1. The Morgan fingerprint density at radius 3 is 2.38 bits per heavy atom. The standard InChI is InChI=1S/C27H29F6N3O4/c1-14(17-6-5-7-19(23(17)28)26(29,30)25(3,4)37)34-24-18-12-21(39-11-10-38-16-8-9-16)22(40-27(31,32)33)13-20(18)35-15(2)36-24/h5-7,12-14,16,37H,8-11H2,1-4H3,(H,34,35,36)/t14-/m1/s1. The number of aliphatic hydroxyl groups is 1. The maximum atomic E-state index is 15.3. The molecular weight excluding hydrogens is 544 g/mol. The number of hydrogen-bond acceptors (Lipinski definition) is 7. The van der Waals surface area contributed by atoms with Crippen LogP contribution >= 0.6 is 0 Å². The molecule has 1 aromatic heterocycles. The Balaban J connectivity index is 1.69. The third-order valence-electron chi connectivity index (χ3n) is 6.27. The van der Waals surface area contributed by atoms with E-state index in [0.717, 1.165) is 38.8 Å². The van der Waals surface area contributed by atoms with Crippen molar-refractivity contribution >= 4 is 16.7 Å². The number of anilines is 1. The van der Waals surface area contributed by atoms with E-state index in [1.165, 1.54) is 32.0 Å². The van der Waals surface area contributed by atoms with Gasteiger partial charge in [0.1, 0.15) is 29.7 Å². The fourth-order valence-electron chi connectivity index (χ4n) is 4.02. The Morgan fingerprint density at radius 2 is 1.75 bits per heavy atom. The van der Waals surface area contributed by atoms with Gasteiger partial charge < -0.3 is 24.6 Å². The molecule has 0 saturated heterocycles. The maximum absolute atomic E-state index is 15.3. The molecule has 1 aliphatic rings. The fraction of sp³-hybridized carbons (Fsp3) is 0.481. The summed E-state index contributed by atoms with van der Waals surface area (Å²) in [5, 5.41) is 13.1. The summed E-state index contributed by atoms with van der Waals surface area (Å²) >= 11 is 0. The van der Waals surface area contributed by atoms with Crippen LogP contribution in [0.1, 0.15) is 56.6 Å². The fourth-order valence-corrected chi connectivity index (χ4v) is 4.02. The van der Waals surface area contributed by atoms with Crippen molar-refractivity contribution in [1.82, 2.24) is 9.97 Å². The van der Waals surface area contributed by atoms with Crippen LogP contribution in [0.3, 0.4) is 0 Å². The molecule has 1 heterocycles. The summed E-state index contributed by atoms with van der Waals surface area (Å²) in [6, 6.07) is 4.82. The minimum absolute atomic E-state index is 0.0461. The lowest BCUT2D eigenvalue weighted by atomic mass is 9.91. The summed E-state index contributed by atoms with van der Waals surface area (Å²) in [4.78, 5) is 8.49. The van der Waals surface area contributed by atoms with Gasteiger partial charge in [0.15, 0.2) is 11.5 Å². The van der Waals surface area contributed by atoms with E-state index in [4.69, 9.17) is 9.47 Å². The van der Waals surface area contributed by atoms with Crippen molar-refractivity contribution in [2.24, 2.45) is 0 Å². The Labute approximate surface area is 226 Å². The van der Waals surface area contributed by atoms with Gasteiger partial charge in [0.2, 0.25) is 0 Å². The zero-order chi connectivity index (χ0) is 29.5. The number of fused-ring (bicyclic) bond motifs is 1. The Hall–Kier alpha value is -3.32. The number of ether oxygens (including phenoxy) is 3.